The predicted molar refractivity (Wildman–Crippen MR) is 563 cm³/mol. The minimum atomic E-state index is 0.606. The summed E-state index contributed by atoms with van der Waals surface area (Å²) >= 11 is 0. The average molecular weight is 1770 g/mol. The third-order valence-electron chi connectivity index (χ3n) is 26.4. The van der Waals surface area contributed by atoms with Gasteiger partial charge in [0.25, 0.3) is 0 Å². The molecule has 0 aliphatic rings. The van der Waals surface area contributed by atoms with Crippen LogP contribution in [0.25, 0.3) is 261 Å². The molecule has 9 heterocycles. The van der Waals surface area contributed by atoms with E-state index in [2.05, 4.69) is 378 Å². The maximum absolute atomic E-state index is 6.43. The fourth-order valence-electron chi connectivity index (χ4n) is 20.0. The van der Waals surface area contributed by atoms with Crippen LogP contribution in [0.4, 0.5) is 0 Å². The van der Waals surface area contributed by atoms with Crippen LogP contribution >= 0.6 is 0 Å². The Kier molecular flexibility index (Phi) is 19.6. The molecule has 13 heteroatoms. The van der Waals surface area contributed by atoms with E-state index in [9.17, 15) is 0 Å². The lowest BCUT2D eigenvalue weighted by Gasteiger charge is -2.12. The van der Waals surface area contributed by atoms with Gasteiger partial charge < -0.3 is 17.8 Å². The van der Waals surface area contributed by atoms with E-state index < -0.39 is 0 Å². The number of nitrogens with zero attached hydrogens (tertiary/aromatic N) is 10. The summed E-state index contributed by atoms with van der Waals surface area (Å²) < 4.78 is 25.8. The van der Waals surface area contributed by atoms with Crippen LogP contribution in [-0.4, -0.2) is 48.6 Å². The Morgan fingerprint density at radius 3 is 0.906 bits per heavy atom. The molecule has 19 aromatic carbocycles. The van der Waals surface area contributed by atoms with Gasteiger partial charge in [0.15, 0.2) is 17.5 Å². The van der Waals surface area contributed by atoms with E-state index >= 15 is 0 Å². The molecule has 0 amide bonds. The molecular formula is C125H78N10O3. The first-order valence-electron chi connectivity index (χ1n) is 46.2. The summed E-state index contributed by atoms with van der Waals surface area (Å²) in [5.41, 5.74) is 30.1. The van der Waals surface area contributed by atoms with Gasteiger partial charge in [-0.2, -0.15) is 0 Å². The van der Waals surface area contributed by atoms with Gasteiger partial charge in [-0.05, 0) is 137 Å². The number of para-hydroxylation sites is 12. The minimum absolute atomic E-state index is 0.606. The third kappa shape index (κ3) is 14.2. The van der Waals surface area contributed by atoms with E-state index in [0.717, 1.165) is 199 Å². The van der Waals surface area contributed by atoms with Crippen LogP contribution in [0.1, 0.15) is 0 Å². The zero-order valence-electron chi connectivity index (χ0n) is 74.2. The number of furan rings is 3. The van der Waals surface area contributed by atoms with Crippen LogP contribution < -0.4 is 0 Å². The molecule has 0 saturated heterocycles. The zero-order valence-corrected chi connectivity index (χ0v) is 74.2. The Balaban J connectivity index is 0.000000107. The smallest absolute Gasteiger partial charge is 0.235 e. The fourth-order valence-corrected chi connectivity index (χ4v) is 20.0. The standard InChI is InChI=1S/C45H28N4O.2C40H25N3O/c1-2-13-29(14-3-1)43-46-44(31-16-10-15-30(27-31)34-22-12-23-38-37-21-6-9-26-41(37)50-42(34)38)48-45(47-43)32-17-11-18-33(28-32)49-39-24-7-4-19-35(39)36-20-5-8-25-40(36)49;1-2-12-26(13-3-1)34-25-35(42-40(41-34)43-36-21-7-4-16-30(36)31-17-5-8-22-37(31)43)28-15-10-14-27(24-28)29-19-11-20-33-32-18-6-9-23-38(32)44-39(29)33;1-2-11-26(12-3-1)27-21-28(23-29(22-27)31-16-10-17-35-34-15-6-9-20-38(34)44-39(31)35)30-24-41-40(42-25-30)43-36-18-7-4-13-32(36)33-14-5-8-19-37(33)43/h1-28H;2*1-25H. The van der Waals surface area contributed by atoms with E-state index in [1.807, 2.05) is 109 Å². The monoisotopic (exact) mass is 1770 g/mol. The summed E-state index contributed by atoms with van der Waals surface area (Å²) in [6, 6.07) is 160. The second-order valence-electron chi connectivity index (χ2n) is 34.6. The van der Waals surface area contributed by atoms with Crippen LogP contribution in [0.15, 0.2) is 487 Å². The lowest BCUT2D eigenvalue weighted by molar-refractivity contribution is 0.669. The van der Waals surface area contributed by atoms with Crippen LogP contribution in [0.3, 0.4) is 0 Å². The van der Waals surface area contributed by atoms with Gasteiger partial charge in [-0.3, -0.25) is 9.13 Å². The van der Waals surface area contributed by atoms with Crippen LogP contribution in [0.5, 0.6) is 0 Å². The molecule has 0 aliphatic carbocycles. The molecule has 0 bridgehead atoms. The number of fused-ring (bicyclic) bond motifs is 18. The Hall–Kier alpha value is -18.9. The number of hydrogen-bond acceptors (Lipinski definition) is 10. The molecule has 646 valence electrons. The van der Waals surface area contributed by atoms with Crippen molar-refractivity contribution in [1.29, 1.82) is 0 Å². The van der Waals surface area contributed by atoms with Gasteiger partial charge >= 0.3 is 0 Å². The van der Waals surface area contributed by atoms with Crippen molar-refractivity contribution in [2.75, 3.05) is 0 Å². The number of hydrogen-bond donors (Lipinski definition) is 0. The number of benzene rings is 19. The van der Waals surface area contributed by atoms with E-state index in [4.69, 9.17) is 48.1 Å². The quantitative estimate of drug-likeness (QED) is 0.109. The molecular weight excluding hydrogens is 1690 g/mol. The van der Waals surface area contributed by atoms with Gasteiger partial charge in [0.1, 0.15) is 33.5 Å². The van der Waals surface area contributed by atoms with Crippen LogP contribution in [-0.2, 0) is 0 Å². The van der Waals surface area contributed by atoms with E-state index in [-0.39, 0.29) is 0 Å². The lowest BCUT2D eigenvalue weighted by atomic mass is 9.93. The maximum Gasteiger partial charge on any atom is 0.235 e. The fraction of sp³-hybridized carbons (Fsp3) is 0. The van der Waals surface area contributed by atoms with Crippen molar-refractivity contribution in [1.82, 2.24) is 48.6 Å². The highest BCUT2D eigenvalue weighted by atomic mass is 16.3. The topological polar surface area (TPSA) is 144 Å². The highest BCUT2D eigenvalue weighted by Crippen LogP contribution is 2.45. The molecule has 0 spiro atoms. The highest BCUT2D eigenvalue weighted by Gasteiger charge is 2.24. The van der Waals surface area contributed by atoms with Crippen molar-refractivity contribution in [3.8, 4) is 130 Å². The molecule has 0 radical (unpaired) electrons. The molecule has 0 aliphatic heterocycles. The van der Waals surface area contributed by atoms with E-state index in [1.54, 1.807) is 0 Å². The molecule has 0 atom stereocenters. The van der Waals surface area contributed by atoms with Crippen molar-refractivity contribution in [3.63, 3.8) is 0 Å². The summed E-state index contributed by atoms with van der Waals surface area (Å²) in [4.78, 5) is 35.4. The van der Waals surface area contributed by atoms with Crippen molar-refractivity contribution in [3.05, 3.63) is 473 Å². The lowest BCUT2D eigenvalue weighted by Crippen LogP contribution is -2.04. The predicted octanol–water partition coefficient (Wildman–Crippen LogP) is 32.5. The van der Waals surface area contributed by atoms with Gasteiger partial charge in [0.2, 0.25) is 11.9 Å². The summed E-state index contributed by atoms with van der Waals surface area (Å²) in [5, 5.41) is 13.9. The van der Waals surface area contributed by atoms with Crippen molar-refractivity contribution in [2.24, 2.45) is 0 Å². The van der Waals surface area contributed by atoms with Gasteiger partial charge in [-0.25, -0.2) is 34.9 Å². The number of aromatic nitrogens is 10. The third-order valence-corrected chi connectivity index (χ3v) is 26.4. The van der Waals surface area contributed by atoms with E-state index in [1.165, 1.54) is 32.3 Å². The molecule has 0 N–H and O–H groups in total. The molecule has 28 rings (SSSR count). The second kappa shape index (κ2) is 33.8. The number of rotatable bonds is 13. The SMILES string of the molecule is c1ccc(-c2cc(-c3cccc(-c4cccc5c4oc4ccccc45)c3)nc(-n3c4ccccc4c4ccccc43)n2)cc1.c1ccc(-c2cc(-c3cnc(-n4c5ccccc5c5ccccc54)nc3)cc(-c3cccc4c3oc3ccccc34)c2)cc1.c1ccc(-c2nc(-c3cccc(-c4cccc5c4oc4ccccc45)c3)nc(-c3cccc(-n4c5ccccc5c5ccccc54)c3)n2)cc1. The van der Waals surface area contributed by atoms with Crippen LogP contribution in [0, 0.1) is 0 Å². The summed E-state index contributed by atoms with van der Waals surface area (Å²) in [7, 11) is 0. The first-order valence-corrected chi connectivity index (χ1v) is 46.2. The second-order valence-corrected chi connectivity index (χ2v) is 34.6. The van der Waals surface area contributed by atoms with E-state index in [0.29, 0.717) is 29.4 Å². The summed E-state index contributed by atoms with van der Waals surface area (Å²) in [5.74, 6) is 3.13. The zero-order chi connectivity index (χ0) is 91.1. The van der Waals surface area contributed by atoms with Gasteiger partial charge in [0, 0.05) is 133 Å². The molecule has 9 aromatic heterocycles. The Morgan fingerprint density at radius 2 is 0.457 bits per heavy atom. The molecule has 28 aromatic rings. The van der Waals surface area contributed by atoms with Gasteiger partial charge in [-0.1, -0.05) is 358 Å². The maximum atomic E-state index is 6.43. The molecule has 0 fully saturated rings. The Bertz CT molecular complexity index is 9470. The Labute approximate surface area is 791 Å². The van der Waals surface area contributed by atoms with Crippen molar-refractivity contribution < 1.29 is 13.3 Å². The average Bonchev–Trinajstić information content (AvgIpc) is 1.59. The van der Waals surface area contributed by atoms with Crippen molar-refractivity contribution >= 4 is 131 Å². The van der Waals surface area contributed by atoms with Gasteiger partial charge in [-0.15, -0.1) is 0 Å². The first-order chi connectivity index (χ1) is 68.4. The molecule has 0 unspecified atom stereocenters. The molecule has 0 saturated carbocycles. The normalized spacial score (nSPS) is 11.6. The largest absolute Gasteiger partial charge is 0.455 e. The highest BCUT2D eigenvalue weighted by molar-refractivity contribution is 6.15. The molecule has 13 nitrogen and oxygen atoms in total. The van der Waals surface area contributed by atoms with Crippen LogP contribution in [0.2, 0.25) is 0 Å². The minimum Gasteiger partial charge on any atom is -0.455 e. The first kappa shape index (κ1) is 80.0. The summed E-state index contributed by atoms with van der Waals surface area (Å²) in [6.45, 7) is 0. The van der Waals surface area contributed by atoms with Crippen molar-refractivity contribution in [2.45, 2.75) is 0 Å². The Morgan fingerprint density at radius 1 is 0.167 bits per heavy atom. The summed E-state index contributed by atoms with van der Waals surface area (Å²) in [6.07, 6.45) is 3.86. The molecule has 138 heavy (non-hydrogen) atoms. The van der Waals surface area contributed by atoms with Gasteiger partial charge in [0.05, 0.1) is 44.5 Å².